The Kier molecular flexibility index (Phi) is 1.66. The molecule has 2 rings (SSSR count). The third-order valence-electron chi connectivity index (χ3n) is 1.96. The van der Waals surface area contributed by atoms with Crippen molar-refractivity contribution in [1.29, 1.82) is 0 Å². The number of hydrazine groups is 1. The molecule has 0 spiro atoms. The van der Waals surface area contributed by atoms with Crippen LogP contribution in [0.3, 0.4) is 0 Å². The SMILES string of the molecule is CN1NC(=O)Cc2c1nc(N)[nH]c2=O. The van der Waals surface area contributed by atoms with Crippen LogP contribution in [-0.4, -0.2) is 22.9 Å². The Balaban J connectivity index is 2.64. The number of carbonyl (C=O) groups is 1. The standard InChI is InChI=1S/C7H9N5O2/c1-12-5-3(2-4(13)11-12)6(14)10-7(8)9-5/h2H2,1H3,(H,11,13)(H3,8,9,10,14). The second kappa shape index (κ2) is 2.72. The van der Waals surface area contributed by atoms with E-state index in [0.29, 0.717) is 11.4 Å². The number of hydrogen-bond acceptors (Lipinski definition) is 5. The first kappa shape index (κ1) is 8.54. The van der Waals surface area contributed by atoms with E-state index >= 15 is 0 Å². The molecule has 1 aromatic heterocycles. The average molecular weight is 195 g/mol. The largest absolute Gasteiger partial charge is 0.369 e. The van der Waals surface area contributed by atoms with Gasteiger partial charge in [0.25, 0.3) is 5.56 Å². The van der Waals surface area contributed by atoms with Crippen LogP contribution < -0.4 is 21.7 Å². The maximum Gasteiger partial charge on any atom is 0.258 e. The molecule has 0 radical (unpaired) electrons. The van der Waals surface area contributed by atoms with Gasteiger partial charge in [-0.05, 0) is 0 Å². The highest BCUT2D eigenvalue weighted by molar-refractivity contribution is 5.84. The Morgan fingerprint density at radius 2 is 2.21 bits per heavy atom. The van der Waals surface area contributed by atoms with Gasteiger partial charge in [0, 0.05) is 7.05 Å². The minimum absolute atomic E-state index is 0.0300. The highest BCUT2D eigenvalue weighted by Gasteiger charge is 2.23. The van der Waals surface area contributed by atoms with E-state index in [1.54, 1.807) is 7.05 Å². The van der Waals surface area contributed by atoms with Crippen molar-refractivity contribution < 1.29 is 4.79 Å². The van der Waals surface area contributed by atoms with Crippen LogP contribution in [0.15, 0.2) is 4.79 Å². The molecule has 0 aromatic carbocycles. The lowest BCUT2D eigenvalue weighted by Crippen LogP contribution is -2.47. The van der Waals surface area contributed by atoms with Crippen molar-refractivity contribution in [2.45, 2.75) is 6.42 Å². The lowest BCUT2D eigenvalue weighted by atomic mass is 10.2. The smallest absolute Gasteiger partial charge is 0.258 e. The number of hydrogen-bond donors (Lipinski definition) is 3. The monoisotopic (exact) mass is 195 g/mol. The van der Waals surface area contributed by atoms with Gasteiger partial charge in [-0.1, -0.05) is 0 Å². The molecular formula is C7H9N5O2. The summed E-state index contributed by atoms with van der Waals surface area (Å²) in [5.74, 6) is 0.194. The molecule has 0 saturated carbocycles. The molecule has 0 fully saturated rings. The van der Waals surface area contributed by atoms with E-state index in [4.69, 9.17) is 5.73 Å². The number of H-pyrrole nitrogens is 1. The van der Waals surface area contributed by atoms with Gasteiger partial charge in [-0.15, -0.1) is 0 Å². The highest BCUT2D eigenvalue weighted by atomic mass is 16.2. The zero-order chi connectivity index (χ0) is 10.3. The summed E-state index contributed by atoms with van der Waals surface area (Å²) < 4.78 is 0. The van der Waals surface area contributed by atoms with Crippen LogP contribution >= 0.6 is 0 Å². The molecule has 1 amide bonds. The van der Waals surface area contributed by atoms with E-state index in [2.05, 4.69) is 15.4 Å². The fourth-order valence-corrected chi connectivity index (χ4v) is 1.38. The van der Waals surface area contributed by atoms with Crippen LogP contribution in [0.4, 0.5) is 11.8 Å². The second-order valence-corrected chi connectivity index (χ2v) is 3.02. The lowest BCUT2D eigenvalue weighted by Gasteiger charge is -2.25. The van der Waals surface area contributed by atoms with Gasteiger partial charge in [-0.2, -0.15) is 4.98 Å². The van der Waals surface area contributed by atoms with Gasteiger partial charge in [-0.25, -0.2) is 0 Å². The van der Waals surface area contributed by atoms with Crippen LogP contribution in [-0.2, 0) is 11.2 Å². The molecule has 0 unspecified atom stereocenters. The number of nitrogen functional groups attached to an aromatic ring is 1. The van der Waals surface area contributed by atoms with Gasteiger partial charge in [-0.3, -0.25) is 25.0 Å². The number of fused-ring (bicyclic) bond motifs is 1. The number of carbonyl (C=O) groups excluding carboxylic acids is 1. The van der Waals surface area contributed by atoms with E-state index in [0.717, 1.165) is 0 Å². The van der Waals surface area contributed by atoms with E-state index in [1.807, 2.05) is 0 Å². The summed E-state index contributed by atoms with van der Waals surface area (Å²) in [5.41, 5.74) is 7.86. The fourth-order valence-electron chi connectivity index (χ4n) is 1.38. The summed E-state index contributed by atoms with van der Waals surface area (Å²) in [6.45, 7) is 0. The Hall–Kier alpha value is -2.05. The number of anilines is 2. The average Bonchev–Trinajstić information content (AvgIpc) is 2.07. The van der Waals surface area contributed by atoms with Crippen molar-refractivity contribution in [3.8, 4) is 0 Å². The Bertz CT molecular complexity index is 452. The first-order chi connectivity index (χ1) is 6.58. The number of nitrogens with two attached hydrogens (primary N) is 1. The molecule has 0 saturated heterocycles. The number of amides is 1. The summed E-state index contributed by atoms with van der Waals surface area (Å²) in [4.78, 5) is 28.8. The minimum atomic E-state index is -0.366. The molecule has 7 nitrogen and oxygen atoms in total. The van der Waals surface area contributed by atoms with Crippen molar-refractivity contribution in [1.82, 2.24) is 15.4 Å². The zero-order valence-corrected chi connectivity index (χ0v) is 7.50. The van der Waals surface area contributed by atoms with Crippen LogP contribution in [0.2, 0.25) is 0 Å². The number of nitrogens with zero attached hydrogens (tertiary/aromatic N) is 2. The molecule has 7 heteroatoms. The highest BCUT2D eigenvalue weighted by Crippen LogP contribution is 2.15. The summed E-state index contributed by atoms with van der Waals surface area (Å²) >= 11 is 0. The summed E-state index contributed by atoms with van der Waals surface area (Å²) in [6, 6.07) is 0. The van der Waals surface area contributed by atoms with Gasteiger partial charge >= 0.3 is 0 Å². The lowest BCUT2D eigenvalue weighted by molar-refractivity contribution is -0.120. The van der Waals surface area contributed by atoms with Crippen molar-refractivity contribution in [3.63, 3.8) is 0 Å². The Labute approximate surface area is 78.9 Å². The second-order valence-electron chi connectivity index (χ2n) is 3.02. The first-order valence-electron chi connectivity index (χ1n) is 4.00. The number of nitrogens with one attached hydrogen (secondary N) is 2. The van der Waals surface area contributed by atoms with Gasteiger partial charge < -0.3 is 5.73 Å². The molecule has 14 heavy (non-hydrogen) atoms. The van der Waals surface area contributed by atoms with Gasteiger partial charge in [0.2, 0.25) is 11.9 Å². The Morgan fingerprint density at radius 3 is 2.93 bits per heavy atom. The molecule has 0 atom stereocenters. The van der Waals surface area contributed by atoms with Gasteiger partial charge in [0.05, 0.1) is 12.0 Å². The maximum atomic E-state index is 11.4. The van der Waals surface area contributed by atoms with Crippen molar-refractivity contribution in [2.24, 2.45) is 0 Å². The quantitative estimate of drug-likeness (QED) is 0.461. The number of rotatable bonds is 0. The first-order valence-corrected chi connectivity index (χ1v) is 4.00. The predicted molar refractivity (Wildman–Crippen MR) is 49.5 cm³/mol. The molecule has 0 aliphatic carbocycles. The molecular weight excluding hydrogens is 186 g/mol. The normalized spacial score (nSPS) is 14.9. The van der Waals surface area contributed by atoms with Crippen LogP contribution in [0.25, 0.3) is 0 Å². The topological polar surface area (TPSA) is 104 Å². The van der Waals surface area contributed by atoms with Crippen LogP contribution in [0.1, 0.15) is 5.56 Å². The van der Waals surface area contributed by atoms with Crippen molar-refractivity contribution in [2.75, 3.05) is 17.8 Å². The van der Waals surface area contributed by atoms with Gasteiger partial charge in [0.1, 0.15) is 0 Å². The number of aromatic amines is 1. The Morgan fingerprint density at radius 1 is 1.50 bits per heavy atom. The molecule has 2 heterocycles. The van der Waals surface area contributed by atoms with Crippen molar-refractivity contribution >= 4 is 17.7 Å². The van der Waals surface area contributed by atoms with E-state index in [1.165, 1.54) is 5.01 Å². The predicted octanol–water partition coefficient (Wildman–Crippen LogP) is -1.62. The van der Waals surface area contributed by atoms with Gasteiger partial charge in [0.15, 0.2) is 5.82 Å². The molecule has 1 aromatic rings. The minimum Gasteiger partial charge on any atom is -0.369 e. The zero-order valence-electron chi connectivity index (χ0n) is 7.50. The summed E-state index contributed by atoms with van der Waals surface area (Å²) in [6.07, 6.45) is 0.0300. The summed E-state index contributed by atoms with van der Waals surface area (Å²) in [5, 5.41) is 1.38. The van der Waals surface area contributed by atoms with Crippen LogP contribution in [0.5, 0.6) is 0 Å². The van der Waals surface area contributed by atoms with Crippen LogP contribution in [0, 0.1) is 0 Å². The molecule has 1 aliphatic heterocycles. The number of aromatic nitrogens is 2. The molecule has 74 valence electrons. The maximum absolute atomic E-state index is 11.4. The molecule has 0 bridgehead atoms. The third-order valence-corrected chi connectivity index (χ3v) is 1.96. The van der Waals surface area contributed by atoms with E-state index in [9.17, 15) is 9.59 Å². The molecule has 1 aliphatic rings. The molecule has 4 N–H and O–H groups in total. The van der Waals surface area contributed by atoms with E-state index in [-0.39, 0.29) is 23.8 Å². The fraction of sp³-hybridized carbons (Fsp3) is 0.286. The van der Waals surface area contributed by atoms with Crippen molar-refractivity contribution in [3.05, 3.63) is 15.9 Å². The third kappa shape index (κ3) is 1.18. The summed E-state index contributed by atoms with van der Waals surface area (Å²) in [7, 11) is 1.60. The van der Waals surface area contributed by atoms with E-state index < -0.39 is 0 Å².